The first-order chi connectivity index (χ1) is 7.15. The van der Waals surface area contributed by atoms with Crippen molar-refractivity contribution < 1.29 is 4.79 Å². The molecule has 0 spiro atoms. The molecule has 0 bridgehead atoms. The van der Waals surface area contributed by atoms with Gasteiger partial charge in [-0.25, -0.2) is 0 Å². The number of carbonyl (C=O) groups excluding carboxylic acids is 1. The second kappa shape index (κ2) is 5.41. The highest BCUT2D eigenvalue weighted by molar-refractivity contribution is 7.80. The normalized spacial score (nSPS) is 9.67. The lowest BCUT2D eigenvalue weighted by atomic mass is 10.1. The van der Waals surface area contributed by atoms with Gasteiger partial charge in [0.25, 0.3) is 5.91 Å². The lowest BCUT2D eigenvalue weighted by Gasteiger charge is -2.07. The van der Waals surface area contributed by atoms with Crippen LogP contribution in [0.5, 0.6) is 0 Å². The predicted octanol–water partition coefficient (Wildman–Crippen LogP) is 0.660. The molecular weight excluding hydrogens is 210 g/mol. The number of nitrogens with one attached hydrogen (secondary N) is 1. The number of aromatic nitrogens is 1. The van der Waals surface area contributed by atoms with Gasteiger partial charge >= 0.3 is 0 Å². The Hall–Kier alpha value is -1.49. The molecular formula is C10H13N3OS. The van der Waals surface area contributed by atoms with Crippen LogP contribution in [-0.4, -0.2) is 22.4 Å². The van der Waals surface area contributed by atoms with Gasteiger partial charge in [0.1, 0.15) is 0 Å². The minimum Gasteiger partial charge on any atom is -0.380 e. The van der Waals surface area contributed by atoms with Crippen molar-refractivity contribution in [2.75, 3.05) is 6.54 Å². The fourth-order valence-corrected chi connectivity index (χ4v) is 1.50. The second-order valence-electron chi connectivity index (χ2n) is 2.99. The van der Waals surface area contributed by atoms with Gasteiger partial charge in [-0.2, -0.15) is 0 Å². The van der Waals surface area contributed by atoms with Gasteiger partial charge in [0.15, 0.2) is 0 Å². The van der Waals surface area contributed by atoms with Crippen LogP contribution in [0, 0.1) is 0 Å². The predicted molar refractivity (Wildman–Crippen MR) is 62.7 cm³/mol. The number of amides is 1. The third kappa shape index (κ3) is 3.28. The van der Waals surface area contributed by atoms with E-state index in [9.17, 15) is 4.79 Å². The van der Waals surface area contributed by atoms with Crippen molar-refractivity contribution in [3.8, 4) is 0 Å². The fourth-order valence-electron chi connectivity index (χ4n) is 1.21. The van der Waals surface area contributed by atoms with Crippen molar-refractivity contribution in [3.63, 3.8) is 0 Å². The van der Waals surface area contributed by atoms with E-state index in [1.165, 1.54) is 0 Å². The Balaban J connectivity index is 2.84. The quantitative estimate of drug-likeness (QED) is 0.736. The highest BCUT2D eigenvalue weighted by Crippen LogP contribution is 2.05. The third-order valence-corrected chi connectivity index (χ3v) is 2.15. The van der Waals surface area contributed by atoms with Crippen LogP contribution >= 0.6 is 12.2 Å². The van der Waals surface area contributed by atoms with Gasteiger partial charge in [0.05, 0.1) is 16.2 Å². The lowest BCUT2D eigenvalue weighted by molar-refractivity contribution is 0.0999. The zero-order valence-electron chi connectivity index (χ0n) is 8.49. The van der Waals surface area contributed by atoms with Crippen LogP contribution in [0.3, 0.4) is 0 Å². The number of carbonyl (C=O) groups is 1. The number of pyridine rings is 1. The van der Waals surface area contributed by atoms with Gasteiger partial charge < -0.3 is 11.1 Å². The molecule has 0 aliphatic carbocycles. The van der Waals surface area contributed by atoms with E-state index >= 15 is 0 Å². The van der Waals surface area contributed by atoms with Crippen LogP contribution < -0.4 is 11.1 Å². The molecule has 1 aromatic rings. The van der Waals surface area contributed by atoms with Gasteiger partial charge in [-0.15, -0.1) is 0 Å². The molecule has 0 aliphatic rings. The van der Waals surface area contributed by atoms with E-state index in [0.29, 0.717) is 22.7 Å². The van der Waals surface area contributed by atoms with Crippen molar-refractivity contribution >= 4 is 23.1 Å². The van der Waals surface area contributed by atoms with E-state index in [4.69, 9.17) is 18.0 Å². The molecule has 0 unspecified atom stereocenters. The maximum absolute atomic E-state index is 11.1. The lowest BCUT2D eigenvalue weighted by Crippen LogP contribution is -2.25. The third-order valence-electron chi connectivity index (χ3n) is 1.86. The minimum atomic E-state index is -0.475. The van der Waals surface area contributed by atoms with Crippen LogP contribution in [-0.2, 0) is 6.42 Å². The summed E-state index contributed by atoms with van der Waals surface area (Å²) in [6, 6.07) is 3.33. The molecule has 0 saturated carbocycles. The number of nitrogens with zero attached hydrogens (tertiary/aromatic N) is 1. The Morgan fingerprint density at radius 1 is 1.67 bits per heavy atom. The molecule has 1 aromatic heterocycles. The number of hydrogen-bond acceptors (Lipinski definition) is 3. The van der Waals surface area contributed by atoms with Crippen molar-refractivity contribution in [1.82, 2.24) is 10.3 Å². The molecule has 4 nitrogen and oxygen atoms in total. The van der Waals surface area contributed by atoms with E-state index in [1.54, 1.807) is 18.3 Å². The molecule has 3 N–H and O–H groups in total. The maximum Gasteiger partial charge on any atom is 0.250 e. The summed E-state index contributed by atoms with van der Waals surface area (Å²) in [7, 11) is 0. The zero-order chi connectivity index (χ0) is 11.3. The summed E-state index contributed by atoms with van der Waals surface area (Å²) >= 11 is 5.08. The van der Waals surface area contributed by atoms with Gasteiger partial charge in [-0.1, -0.05) is 12.2 Å². The Morgan fingerprint density at radius 2 is 2.40 bits per heavy atom. The summed E-state index contributed by atoms with van der Waals surface area (Å²) in [4.78, 5) is 15.8. The number of rotatable bonds is 4. The van der Waals surface area contributed by atoms with Crippen molar-refractivity contribution in [1.29, 1.82) is 0 Å². The summed E-state index contributed by atoms with van der Waals surface area (Å²) in [5.41, 5.74) is 6.27. The molecule has 0 aliphatic heterocycles. The van der Waals surface area contributed by atoms with E-state index in [2.05, 4.69) is 10.3 Å². The molecule has 0 saturated heterocycles. The van der Waals surface area contributed by atoms with Crippen LogP contribution in [0.25, 0.3) is 0 Å². The van der Waals surface area contributed by atoms with Gasteiger partial charge in [0.2, 0.25) is 0 Å². The number of thiocarbonyl (C=S) groups is 1. The zero-order valence-corrected chi connectivity index (χ0v) is 9.30. The Bertz CT molecular complexity index is 379. The maximum atomic E-state index is 11.1. The number of primary amides is 1. The average Bonchev–Trinajstić information content (AvgIpc) is 2.18. The van der Waals surface area contributed by atoms with E-state index in [-0.39, 0.29) is 0 Å². The Kier molecular flexibility index (Phi) is 4.17. The number of likely N-dealkylation sites (N-methyl/N-ethyl adjacent to an activating group) is 1. The molecule has 1 heterocycles. The molecule has 0 fully saturated rings. The molecule has 5 heteroatoms. The highest BCUT2D eigenvalue weighted by Gasteiger charge is 2.09. The molecule has 1 amide bonds. The largest absolute Gasteiger partial charge is 0.380 e. The molecule has 0 aromatic carbocycles. The van der Waals surface area contributed by atoms with Crippen LogP contribution in [0.4, 0.5) is 0 Å². The highest BCUT2D eigenvalue weighted by atomic mass is 32.1. The topological polar surface area (TPSA) is 68.0 Å². The standard InChI is InChI=1S/C10H13N3OS/c1-2-12-9(15)6-8-7(10(11)14)4-3-5-13-8/h3-5H,2,6H2,1H3,(H2,11,14)(H,12,15). The molecule has 80 valence electrons. The fraction of sp³-hybridized carbons (Fsp3) is 0.300. The minimum absolute atomic E-state index is 0.428. The number of nitrogens with two attached hydrogens (primary N) is 1. The monoisotopic (exact) mass is 223 g/mol. The molecule has 1 rings (SSSR count). The van der Waals surface area contributed by atoms with Crippen LogP contribution in [0.15, 0.2) is 18.3 Å². The molecule has 0 atom stereocenters. The summed E-state index contributed by atoms with van der Waals surface area (Å²) < 4.78 is 0. The average molecular weight is 223 g/mol. The van der Waals surface area contributed by atoms with E-state index < -0.39 is 5.91 Å². The van der Waals surface area contributed by atoms with Crippen molar-refractivity contribution in [2.24, 2.45) is 5.73 Å². The Morgan fingerprint density at radius 3 is 3.00 bits per heavy atom. The summed E-state index contributed by atoms with van der Waals surface area (Å²) in [6.45, 7) is 2.72. The summed E-state index contributed by atoms with van der Waals surface area (Å²) in [6.07, 6.45) is 2.07. The van der Waals surface area contributed by atoms with Crippen molar-refractivity contribution in [2.45, 2.75) is 13.3 Å². The smallest absolute Gasteiger partial charge is 0.250 e. The summed E-state index contributed by atoms with van der Waals surface area (Å²) in [5.74, 6) is -0.475. The first-order valence-electron chi connectivity index (χ1n) is 4.65. The number of hydrogen-bond donors (Lipinski definition) is 2. The first-order valence-corrected chi connectivity index (χ1v) is 5.06. The second-order valence-corrected chi connectivity index (χ2v) is 3.48. The molecule has 15 heavy (non-hydrogen) atoms. The van der Waals surface area contributed by atoms with E-state index in [1.807, 2.05) is 6.92 Å². The van der Waals surface area contributed by atoms with Crippen molar-refractivity contribution in [3.05, 3.63) is 29.6 Å². The van der Waals surface area contributed by atoms with Gasteiger partial charge in [-0.3, -0.25) is 9.78 Å². The van der Waals surface area contributed by atoms with Gasteiger partial charge in [0, 0.05) is 19.2 Å². The Labute approximate surface area is 93.9 Å². The van der Waals surface area contributed by atoms with Crippen LogP contribution in [0.1, 0.15) is 23.0 Å². The first kappa shape index (κ1) is 11.6. The summed E-state index contributed by atoms with van der Waals surface area (Å²) in [5, 5.41) is 3.00. The van der Waals surface area contributed by atoms with Crippen LogP contribution in [0.2, 0.25) is 0 Å². The SMILES string of the molecule is CCNC(=S)Cc1ncccc1C(N)=O. The molecule has 0 radical (unpaired) electrons. The van der Waals surface area contributed by atoms with E-state index in [0.717, 1.165) is 6.54 Å². The van der Waals surface area contributed by atoms with Gasteiger partial charge in [-0.05, 0) is 19.1 Å².